The number of hydrogen-bond acceptors (Lipinski definition) is 6. The van der Waals surface area contributed by atoms with E-state index >= 15 is 0 Å². The van der Waals surface area contributed by atoms with Crippen molar-refractivity contribution >= 4 is 23.4 Å². The average molecular weight is 403 g/mol. The van der Waals surface area contributed by atoms with Crippen LogP contribution in [-0.2, 0) is 11.3 Å². The van der Waals surface area contributed by atoms with E-state index < -0.39 is 0 Å². The fraction of sp³-hybridized carbons (Fsp3) is 0.261. The molecule has 1 aliphatic rings. The van der Waals surface area contributed by atoms with Crippen molar-refractivity contribution in [3.63, 3.8) is 0 Å². The van der Waals surface area contributed by atoms with Gasteiger partial charge in [0.2, 0.25) is 11.9 Å². The zero-order valence-electron chi connectivity index (χ0n) is 16.9. The summed E-state index contributed by atoms with van der Waals surface area (Å²) in [6.45, 7) is 1.28. The first kappa shape index (κ1) is 19.7. The second-order valence-corrected chi connectivity index (χ2v) is 7.15. The lowest BCUT2D eigenvalue weighted by Gasteiger charge is -2.24. The third-order valence-electron chi connectivity index (χ3n) is 5.13. The van der Waals surface area contributed by atoms with Crippen LogP contribution in [0.25, 0.3) is 0 Å². The molecule has 0 radical (unpaired) electrons. The second kappa shape index (κ2) is 9.26. The lowest BCUT2D eigenvalue weighted by Crippen LogP contribution is -2.43. The number of rotatable bonds is 7. The third kappa shape index (κ3) is 4.68. The standard InChI is InChI=1S/C23H25N5O2/c1-30-19-11-9-18(10-12-19)26-21-13-14-24-23(27-21)28-15-5-8-20(28)22(29)25-16-17-6-3-2-4-7-17/h2-4,6-7,9-14,20H,5,8,15-16H2,1H3,(H,25,29)(H,24,26,27). The molecule has 154 valence electrons. The monoisotopic (exact) mass is 403 g/mol. The van der Waals surface area contributed by atoms with E-state index in [2.05, 4.69) is 20.6 Å². The van der Waals surface area contributed by atoms with Crippen molar-refractivity contribution in [3.8, 4) is 5.75 Å². The summed E-state index contributed by atoms with van der Waals surface area (Å²) in [6.07, 6.45) is 3.44. The maximum Gasteiger partial charge on any atom is 0.243 e. The van der Waals surface area contributed by atoms with Crippen LogP contribution in [-0.4, -0.2) is 35.6 Å². The Labute approximate surface area is 176 Å². The molecule has 30 heavy (non-hydrogen) atoms. The zero-order valence-corrected chi connectivity index (χ0v) is 16.9. The normalized spacial score (nSPS) is 15.6. The van der Waals surface area contributed by atoms with E-state index in [1.54, 1.807) is 13.3 Å². The second-order valence-electron chi connectivity index (χ2n) is 7.15. The van der Waals surface area contributed by atoms with Crippen LogP contribution < -0.4 is 20.3 Å². The predicted octanol–water partition coefficient (Wildman–Crippen LogP) is 3.51. The van der Waals surface area contributed by atoms with E-state index in [9.17, 15) is 4.79 Å². The van der Waals surface area contributed by atoms with Gasteiger partial charge in [0.1, 0.15) is 17.6 Å². The summed E-state index contributed by atoms with van der Waals surface area (Å²) >= 11 is 0. The van der Waals surface area contributed by atoms with E-state index in [4.69, 9.17) is 4.74 Å². The van der Waals surface area contributed by atoms with Crippen LogP contribution in [0.15, 0.2) is 66.9 Å². The number of methoxy groups -OCH3 is 1. The summed E-state index contributed by atoms with van der Waals surface area (Å²) in [7, 11) is 1.64. The quantitative estimate of drug-likeness (QED) is 0.628. The molecule has 1 amide bonds. The van der Waals surface area contributed by atoms with Gasteiger partial charge in [0.25, 0.3) is 0 Å². The molecule has 1 atom stereocenters. The minimum atomic E-state index is -0.259. The first-order valence-electron chi connectivity index (χ1n) is 10.1. The van der Waals surface area contributed by atoms with Crippen LogP contribution in [0.4, 0.5) is 17.5 Å². The van der Waals surface area contributed by atoms with Crippen LogP contribution in [0.3, 0.4) is 0 Å². The molecule has 2 N–H and O–H groups in total. The summed E-state index contributed by atoms with van der Waals surface area (Å²) in [6, 6.07) is 19.1. The third-order valence-corrected chi connectivity index (χ3v) is 5.13. The molecule has 0 saturated carbocycles. The molecule has 4 rings (SSSR count). The fourth-order valence-electron chi connectivity index (χ4n) is 3.56. The molecule has 0 spiro atoms. The van der Waals surface area contributed by atoms with Gasteiger partial charge in [0.05, 0.1) is 7.11 Å². The Bertz CT molecular complexity index is 978. The highest BCUT2D eigenvalue weighted by Crippen LogP contribution is 2.25. The first-order chi connectivity index (χ1) is 14.7. The summed E-state index contributed by atoms with van der Waals surface area (Å²) < 4.78 is 5.19. The van der Waals surface area contributed by atoms with Gasteiger partial charge in [-0.2, -0.15) is 4.98 Å². The summed E-state index contributed by atoms with van der Waals surface area (Å²) in [5, 5.41) is 6.32. The van der Waals surface area contributed by atoms with Gasteiger partial charge < -0.3 is 20.3 Å². The Morgan fingerprint density at radius 1 is 1.13 bits per heavy atom. The van der Waals surface area contributed by atoms with E-state index in [0.717, 1.165) is 36.4 Å². The van der Waals surface area contributed by atoms with Gasteiger partial charge in [-0.1, -0.05) is 30.3 Å². The topological polar surface area (TPSA) is 79.4 Å². The van der Waals surface area contributed by atoms with Gasteiger partial charge in [0, 0.05) is 25.0 Å². The van der Waals surface area contributed by atoms with Crippen molar-refractivity contribution in [1.29, 1.82) is 0 Å². The van der Waals surface area contributed by atoms with Crippen molar-refractivity contribution in [2.45, 2.75) is 25.4 Å². The van der Waals surface area contributed by atoms with Crippen molar-refractivity contribution < 1.29 is 9.53 Å². The van der Waals surface area contributed by atoms with Crippen LogP contribution in [0.5, 0.6) is 5.75 Å². The maximum absolute atomic E-state index is 12.8. The first-order valence-corrected chi connectivity index (χ1v) is 10.1. The van der Waals surface area contributed by atoms with Crippen LogP contribution in [0.2, 0.25) is 0 Å². The van der Waals surface area contributed by atoms with E-state index in [1.165, 1.54) is 0 Å². The molecule has 0 aliphatic carbocycles. The summed E-state index contributed by atoms with van der Waals surface area (Å²) in [5.41, 5.74) is 1.98. The van der Waals surface area contributed by atoms with Crippen LogP contribution >= 0.6 is 0 Å². The molecule has 1 fully saturated rings. The molecule has 1 aliphatic heterocycles. The van der Waals surface area contributed by atoms with Crippen molar-refractivity contribution in [3.05, 3.63) is 72.4 Å². The molecule has 1 saturated heterocycles. The molecule has 2 aromatic carbocycles. The fourth-order valence-corrected chi connectivity index (χ4v) is 3.56. The lowest BCUT2D eigenvalue weighted by molar-refractivity contribution is -0.122. The molecule has 0 bridgehead atoms. The smallest absolute Gasteiger partial charge is 0.243 e. The number of aromatic nitrogens is 2. The van der Waals surface area contributed by atoms with Gasteiger partial charge >= 0.3 is 0 Å². The highest BCUT2D eigenvalue weighted by molar-refractivity contribution is 5.85. The van der Waals surface area contributed by atoms with Crippen molar-refractivity contribution in [2.75, 3.05) is 23.9 Å². The summed E-state index contributed by atoms with van der Waals surface area (Å²) in [4.78, 5) is 23.8. The molecule has 1 aromatic heterocycles. The number of hydrogen-bond donors (Lipinski definition) is 2. The minimum absolute atomic E-state index is 0.00784. The molecule has 2 heterocycles. The Hall–Kier alpha value is -3.61. The summed E-state index contributed by atoms with van der Waals surface area (Å²) in [5.74, 6) is 2.05. The molecule has 3 aromatic rings. The number of anilines is 3. The number of nitrogens with zero attached hydrogens (tertiary/aromatic N) is 3. The lowest BCUT2D eigenvalue weighted by atomic mass is 10.2. The molecule has 7 heteroatoms. The predicted molar refractivity (Wildman–Crippen MR) is 117 cm³/mol. The number of carbonyl (C=O) groups excluding carboxylic acids is 1. The van der Waals surface area contributed by atoms with Crippen LogP contribution in [0.1, 0.15) is 18.4 Å². The maximum atomic E-state index is 12.8. The minimum Gasteiger partial charge on any atom is -0.497 e. The number of amides is 1. The van der Waals surface area contributed by atoms with E-state index in [1.807, 2.05) is 65.6 Å². The number of carbonyl (C=O) groups is 1. The largest absolute Gasteiger partial charge is 0.497 e. The van der Waals surface area contributed by atoms with E-state index in [-0.39, 0.29) is 11.9 Å². The Balaban J connectivity index is 1.43. The number of nitrogens with one attached hydrogen (secondary N) is 2. The number of ether oxygens (including phenoxy) is 1. The van der Waals surface area contributed by atoms with Gasteiger partial charge in [-0.05, 0) is 48.7 Å². The van der Waals surface area contributed by atoms with E-state index in [0.29, 0.717) is 18.3 Å². The molecule has 7 nitrogen and oxygen atoms in total. The SMILES string of the molecule is COc1ccc(Nc2ccnc(N3CCCC3C(=O)NCc3ccccc3)n2)cc1. The number of benzene rings is 2. The zero-order chi connectivity index (χ0) is 20.8. The van der Waals surface area contributed by atoms with Crippen molar-refractivity contribution in [2.24, 2.45) is 0 Å². The Morgan fingerprint density at radius 3 is 2.70 bits per heavy atom. The molecular formula is C23H25N5O2. The molecule has 1 unspecified atom stereocenters. The van der Waals surface area contributed by atoms with Gasteiger partial charge in [0.15, 0.2) is 0 Å². The Kier molecular flexibility index (Phi) is 6.08. The average Bonchev–Trinajstić information content (AvgIpc) is 3.29. The molecular weight excluding hydrogens is 378 g/mol. The Morgan fingerprint density at radius 2 is 1.93 bits per heavy atom. The van der Waals surface area contributed by atoms with Crippen molar-refractivity contribution in [1.82, 2.24) is 15.3 Å². The van der Waals surface area contributed by atoms with Gasteiger partial charge in [-0.15, -0.1) is 0 Å². The van der Waals surface area contributed by atoms with Gasteiger partial charge in [-0.25, -0.2) is 4.98 Å². The highest BCUT2D eigenvalue weighted by atomic mass is 16.5. The van der Waals surface area contributed by atoms with Gasteiger partial charge in [-0.3, -0.25) is 4.79 Å². The highest BCUT2D eigenvalue weighted by Gasteiger charge is 2.32. The van der Waals surface area contributed by atoms with Crippen LogP contribution in [0, 0.1) is 0 Å².